The Labute approximate surface area is 123 Å². The van der Waals surface area contributed by atoms with Crippen LogP contribution in [0.1, 0.15) is 22.3 Å². The molecule has 0 saturated carbocycles. The normalized spacial score (nSPS) is 18.4. The van der Waals surface area contributed by atoms with Crippen LogP contribution in [0.3, 0.4) is 0 Å². The molecular formula is C13H13F4N3O2. The van der Waals surface area contributed by atoms with Gasteiger partial charge in [-0.1, -0.05) is 0 Å². The van der Waals surface area contributed by atoms with E-state index in [0.29, 0.717) is 25.1 Å². The monoisotopic (exact) mass is 319 g/mol. The standard InChI is InChI=1S/C13H13F4N3O2/c14-10-5-7(1-2-9(10)13(15,16)17)11(21)19-8-3-4-20(6-8)12(18)22/h1-2,5,8H,3-4,6H2,(H2,18,22)(H,19,21)/t8-/m0/s1. The van der Waals surface area contributed by atoms with Gasteiger partial charge < -0.3 is 16.0 Å². The molecule has 1 aliphatic rings. The number of nitrogens with zero attached hydrogens (tertiary/aromatic N) is 1. The zero-order chi connectivity index (χ0) is 16.5. The summed E-state index contributed by atoms with van der Waals surface area (Å²) in [7, 11) is 0. The number of nitrogens with one attached hydrogen (secondary N) is 1. The summed E-state index contributed by atoms with van der Waals surface area (Å²) in [4.78, 5) is 24.2. The molecule has 0 spiro atoms. The summed E-state index contributed by atoms with van der Waals surface area (Å²) in [5, 5.41) is 2.53. The van der Waals surface area contributed by atoms with E-state index < -0.39 is 29.5 Å². The molecule has 9 heteroatoms. The van der Waals surface area contributed by atoms with E-state index in [1.165, 1.54) is 4.90 Å². The van der Waals surface area contributed by atoms with Crippen molar-refractivity contribution in [3.63, 3.8) is 0 Å². The average Bonchev–Trinajstić information content (AvgIpc) is 2.85. The van der Waals surface area contributed by atoms with E-state index in [1.807, 2.05) is 0 Å². The highest BCUT2D eigenvalue weighted by Crippen LogP contribution is 2.31. The summed E-state index contributed by atoms with van der Waals surface area (Å²) in [6, 6.07) is 0.984. The number of primary amides is 1. The van der Waals surface area contributed by atoms with Crippen LogP contribution in [0.25, 0.3) is 0 Å². The van der Waals surface area contributed by atoms with Gasteiger partial charge in [0.15, 0.2) is 0 Å². The second kappa shape index (κ2) is 5.82. The largest absolute Gasteiger partial charge is 0.419 e. The summed E-state index contributed by atoms with van der Waals surface area (Å²) in [5.74, 6) is -2.21. The van der Waals surface area contributed by atoms with Gasteiger partial charge in [-0.15, -0.1) is 0 Å². The molecule has 1 heterocycles. The first-order chi connectivity index (χ1) is 10.2. The van der Waals surface area contributed by atoms with Crippen LogP contribution in [0.15, 0.2) is 18.2 Å². The predicted octanol–water partition coefficient (Wildman–Crippen LogP) is 1.73. The van der Waals surface area contributed by atoms with Gasteiger partial charge in [-0.2, -0.15) is 13.2 Å². The minimum absolute atomic E-state index is 0.212. The molecule has 1 saturated heterocycles. The maximum atomic E-state index is 13.4. The maximum absolute atomic E-state index is 13.4. The lowest BCUT2D eigenvalue weighted by Gasteiger charge is -2.15. The average molecular weight is 319 g/mol. The molecule has 1 aromatic carbocycles. The van der Waals surface area contributed by atoms with E-state index in [2.05, 4.69) is 5.32 Å². The number of amides is 3. The van der Waals surface area contributed by atoms with Crippen molar-refractivity contribution in [3.8, 4) is 0 Å². The molecule has 3 N–H and O–H groups in total. The van der Waals surface area contributed by atoms with Gasteiger partial charge in [0, 0.05) is 24.7 Å². The van der Waals surface area contributed by atoms with Crippen LogP contribution in [0.2, 0.25) is 0 Å². The summed E-state index contributed by atoms with van der Waals surface area (Å²) in [6.07, 6.45) is -4.34. The third-order valence-corrected chi connectivity index (χ3v) is 3.37. The number of alkyl halides is 3. The molecule has 0 aliphatic carbocycles. The minimum atomic E-state index is -4.81. The summed E-state index contributed by atoms with van der Waals surface area (Å²) in [5.41, 5.74) is 3.45. The first kappa shape index (κ1) is 16.1. The number of benzene rings is 1. The molecule has 2 rings (SSSR count). The van der Waals surface area contributed by atoms with Crippen LogP contribution in [-0.4, -0.2) is 36.0 Å². The first-order valence-electron chi connectivity index (χ1n) is 6.40. The molecular weight excluding hydrogens is 306 g/mol. The predicted molar refractivity (Wildman–Crippen MR) is 68.4 cm³/mol. The van der Waals surface area contributed by atoms with Gasteiger partial charge in [-0.3, -0.25) is 4.79 Å². The van der Waals surface area contributed by atoms with E-state index in [-0.39, 0.29) is 18.2 Å². The summed E-state index contributed by atoms with van der Waals surface area (Å²) >= 11 is 0. The lowest BCUT2D eigenvalue weighted by Crippen LogP contribution is -2.40. The van der Waals surface area contributed by atoms with E-state index in [0.717, 1.165) is 6.07 Å². The SMILES string of the molecule is NC(=O)N1CC[C@H](NC(=O)c2ccc(C(F)(F)F)c(F)c2)C1. The Bertz CT molecular complexity index is 603. The van der Waals surface area contributed by atoms with Crippen LogP contribution < -0.4 is 11.1 Å². The molecule has 1 aromatic rings. The molecule has 0 aromatic heterocycles. The van der Waals surface area contributed by atoms with Crippen LogP contribution in [-0.2, 0) is 6.18 Å². The van der Waals surface area contributed by atoms with Gasteiger partial charge in [0.2, 0.25) is 0 Å². The van der Waals surface area contributed by atoms with Crippen LogP contribution >= 0.6 is 0 Å². The fraction of sp³-hybridized carbons (Fsp3) is 0.385. The number of rotatable bonds is 2. The van der Waals surface area contributed by atoms with Gasteiger partial charge in [0.25, 0.3) is 5.91 Å². The van der Waals surface area contributed by atoms with Crippen molar-refractivity contribution < 1.29 is 27.2 Å². The van der Waals surface area contributed by atoms with Gasteiger partial charge in [-0.25, -0.2) is 9.18 Å². The quantitative estimate of drug-likeness (QED) is 0.815. The highest BCUT2D eigenvalue weighted by atomic mass is 19.4. The first-order valence-corrected chi connectivity index (χ1v) is 6.40. The van der Waals surface area contributed by atoms with E-state index in [9.17, 15) is 27.2 Å². The van der Waals surface area contributed by atoms with Gasteiger partial charge in [0.1, 0.15) is 5.82 Å². The lowest BCUT2D eigenvalue weighted by molar-refractivity contribution is -0.140. The number of carbonyl (C=O) groups excluding carboxylic acids is 2. The third-order valence-electron chi connectivity index (χ3n) is 3.37. The fourth-order valence-corrected chi connectivity index (χ4v) is 2.23. The molecule has 1 fully saturated rings. The molecule has 1 aliphatic heterocycles. The summed E-state index contributed by atoms with van der Waals surface area (Å²) in [6.45, 7) is 0.589. The van der Waals surface area contributed by atoms with E-state index in [1.54, 1.807) is 0 Å². The second-order valence-electron chi connectivity index (χ2n) is 4.94. The minimum Gasteiger partial charge on any atom is -0.351 e. The molecule has 5 nitrogen and oxygen atoms in total. The molecule has 0 bridgehead atoms. The number of hydrogen-bond acceptors (Lipinski definition) is 2. The summed E-state index contributed by atoms with van der Waals surface area (Å²) < 4.78 is 50.7. The Balaban J connectivity index is 2.05. The van der Waals surface area contributed by atoms with Crippen molar-refractivity contribution in [3.05, 3.63) is 35.1 Å². The molecule has 3 amide bonds. The Morgan fingerprint density at radius 1 is 1.32 bits per heavy atom. The number of nitrogens with two attached hydrogens (primary N) is 1. The maximum Gasteiger partial charge on any atom is 0.419 e. The van der Waals surface area contributed by atoms with Gasteiger partial charge in [0.05, 0.1) is 5.56 Å². The molecule has 1 atom stereocenters. The van der Waals surface area contributed by atoms with Crippen molar-refractivity contribution >= 4 is 11.9 Å². The van der Waals surface area contributed by atoms with E-state index >= 15 is 0 Å². The van der Waals surface area contributed by atoms with Crippen molar-refractivity contribution in [2.24, 2.45) is 5.73 Å². The van der Waals surface area contributed by atoms with Crippen LogP contribution in [0.5, 0.6) is 0 Å². The number of hydrogen-bond donors (Lipinski definition) is 2. The Morgan fingerprint density at radius 2 is 2.00 bits per heavy atom. The number of carbonyl (C=O) groups is 2. The lowest BCUT2D eigenvalue weighted by atomic mass is 10.1. The number of urea groups is 1. The Hall–Kier alpha value is -2.32. The zero-order valence-corrected chi connectivity index (χ0v) is 11.3. The zero-order valence-electron chi connectivity index (χ0n) is 11.3. The van der Waals surface area contributed by atoms with Crippen molar-refractivity contribution in [2.45, 2.75) is 18.6 Å². The topological polar surface area (TPSA) is 75.4 Å². The fourth-order valence-electron chi connectivity index (χ4n) is 2.23. The smallest absolute Gasteiger partial charge is 0.351 e. The number of halogens is 4. The molecule has 0 unspecified atom stereocenters. The van der Waals surface area contributed by atoms with Gasteiger partial charge >= 0.3 is 12.2 Å². The van der Waals surface area contributed by atoms with Crippen molar-refractivity contribution in [1.82, 2.24) is 10.2 Å². The van der Waals surface area contributed by atoms with Crippen LogP contribution in [0.4, 0.5) is 22.4 Å². The van der Waals surface area contributed by atoms with Crippen LogP contribution in [0, 0.1) is 5.82 Å². The highest BCUT2D eigenvalue weighted by molar-refractivity contribution is 5.94. The number of likely N-dealkylation sites (tertiary alicyclic amines) is 1. The van der Waals surface area contributed by atoms with Crippen molar-refractivity contribution in [2.75, 3.05) is 13.1 Å². The van der Waals surface area contributed by atoms with Crippen molar-refractivity contribution in [1.29, 1.82) is 0 Å². The molecule has 22 heavy (non-hydrogen) atoms. The molecule has 120 valence electrons. The van der Waals surface area contributed by atoms with E-state index in [4.69, 9.17) is 5.73 Å². The second-order valence-corrected chi connectivity index (χ2v) is 4.94. The van der Waals surface area contributed by atoms with Gasteiger partial charge in [-0.05, 0) is 24.6 Å². The highest BCUT2D eigenvalue weighted by Gasteiger charge is 2.34. The molecule has 0 radical (unpaired) electrons. The Kier molecular flexibility index (Phi) is 4.25. The Morgan fingerprint density at radius 3 is 2.50 bits per heavy atom. The third kappa shape index (κ3) is 3.46.